The number of esters is 1. The van der Waals surface area contributed by atoms with Crippen LogP contribution in [0.1, 0.15) is 22.8 Å². The maximum atomic E-state index is 12.8. The minimum atomic E-state index is -1.23. The van der Waals surface area contributed by atoms with E-state index >= 15 is 0 Å². The van der Waals surface area contributed by atoms with Gasteiger partial charge in [-0.1, -0.05) is 30.3 Å². The van der Waals surface area contributed by atoms with Gasteiger partial charge in [0.15, 0.2) is 0 Å². The van der Waals surface area contributed by atoms with Crippen molar-refractivity contribution in [1.29, 1.82) is 0 Å². The summed E-state index contributed by atoms with van der Waals surface area (Å²) >= 11 is 0. The van der Waals surface area contributed by atoms with E-state index in [0.29, 0.717) is 11.3 Å². The van der Waals surface area contributed by atoms with Crippen molar-refractivity contribution in [2.45, 2.75) is 13.3 Å². The molecular formula is C19H19NO6. The van der Waals surface area contributed by atoms with E-state index in [1.165, 1.54) is 18.2 Å². The standard InChI is InChI=1S/C19H19NO6/c1-2-26-19(25)17(22)20(15-9-5-3-7-13(15)11-12-21)16-10-6-4-8-14(16)18(23)24/h3-10,21H,2,11-12H2,1H3,(H,23,24). The normalized spacial score (nSPS) is 10.2. The van der Waals surface area contributed by atoms with Crippen LogP contribution in [0.2, 0.25) is 0 Å². The number of carboxylic acids is 1. The summed E-state index contributed by atoms with van der Waals surface area (Å²) < 4.78 is 4.80. The molecule has 2 aromatic carbocycles. The SMILES string of the molecule is CCOC(=O)C(=O)N(c1ccccc1CCO)c1ccccc1C(=O)O. The van der Waals surface area contributed by atoms with Crippen LogP contribution in [-0.2, 0) is 20.7 Å². The molecule has 0 aliphatic carbocycles. The van der Waals surface area contributed by atoms with Crippen molar-refractivity contribution >= 4 is 29.2 Å². The molecule has 0 aliphatic heterocycles. The fraction of sp³-hybridized carbons (Fsp3) is 0.211. The molecule has 0 heterocycles. The van der Waals surface area contributed by atoms with Crippen molar-refractivity contribution in [3.05, 3.63) is 59.7 Å². The lowest BCUT2D eigenvalue weighted by Crippen LogP contribution is -2.35. The van der Waals surface area contributed by atoms with Crippen LogP contribution >= 0.6 is 0 Å². The zero-order valence-electron chi connectivity index (χ0n) is 14.2. The number of rotatable bonds is 6. The third-order valence-electron chi connectivity index (χ3n) is 3.64. The molecule has 2 N–H and O–H groups in total. The van der Waals surface area contributed by atoms with Gasteiger partial charge in [0.2, 0.25) is 0 Å². The van der Waals surface area contributed by atoms with Gasteiger partial charge < -0.3 is 14.9 Å². The van der Waals surface area contributed by atoms with Gasteiger partial charge in [0.1, 0.15) is 0 Å². The van der Waals surface area contributed by atoms with Gasteiger partial charge in [-0.2, -0.15) is 0 Å². The lowest BCUT2D eigenvalue weighted by Gasteiger charge is -2.25. The third-order valence-corrected chi connectivity index (χ3v) is 3.64. The molecule has 0 atom stereocenters. The Bertz CT molecular complexity index is 817. The van der Waals surface area contributed by atoms with Crippen molar-refractivity contribution < 1.29 is 29.3 Å². The van der Waals surface area contributed by atoms with Crippen LogP contribution in [0, 0.1) is 0 Å². The van der Waals surface area contributed by atoms with Crippen molar-refractivity contribution in [3.8, 4) is 0 Å². The molecule has 0 fully saturated rings. The topological polar surface area (TPSA) is 104 Å². The molecule has 26 heavy (non-hydrogen) atoms. The van der Waals surface area contributed by atoms with E-state index in [-0.39, 0.29) is 30.9 Å². The van der Waals surface area contributed by atoms with E-state index in [2.05, 4.69) is 0 Å². The summed E-state index contributed by atoms with van der Waals surface area (Å²) in [5.74, 6) is -3.33. The number of nitrogens with zero attached hydrogens (tertiary/aromatic N) is 1. The highest BCUT2D eigenvalue weighted by atomic mass is 16.5. The number of carbonyl (C=O) groups excluding carboxylic acids is 2. The molecule has 7 heteroatoms. The lowest BCUT2D eigenvalue weighted by atomic mass is 10.1. The predicted molar refractivity (Wildman–Crippen MR) is 94.4 cm³/mol. The minimum absolute atomic E-state index is 0.0112. The Hall–Kier alpha value is -3.19. The number of aliphatic hydroxyl groups is 1. The first-order valence-electron chi connectivity index (χ1n) is 8.03. The molecule has 0 aromatic heterocycles. The van der Waals surface area contributed by atoms with Gasteiger partial charge in [-0.05, 0) is 37.1 Å². The first-order chi connectivity index (χ1) is 12.5. The maximum Gasteiger partial charge on any atom is 0.397 e. The molecule has 0 spiro atoms. The van der Waals surface area contributed by atoms with E-state index in [1.54, 1.807) is 37.3 Å². The van der Waals surface area contributed by atoms with Crippen LogP contribution in [0.25, 0.3) is 0 Å². The number of para-hydroxylation sites is 2. The van der Waals surface area contributed by atoms with Gasteiger partial charge in [0, 0.05) is 6.61 Å². The zero-order valence-corrected chi connectivity index (χ0v) is 14.2. The average molecular weight is 357 g/mol. The highest BCUT2D eigenvalue weighted by molar-refractivity contribution is 6.40. The number of amides is 1. The molecule has 136 valence electrons. The molecule has 0 radical (unpaired) electrons. The highest BCUT2D eigenvalue weighted by Gasteiger charge is 2.30. The van der Waals surface area contributed by atoms with E-state index in [9.17, 15) is 24.6 Å². The largest absolute Gasteiger partial charge is 0.478 e. The molecule has 0 bridgehead atoms. The lowest BCUT2D eigenvalue weighted by molar-refractivity contribution is -0.152. The molecule has 0 aliphatic rings. The number of carbonyl (C=O) groups is 3. The van der Waals surface area contributed by atoms with E-state index in [0.717, 1.165) is 4.90 Å². The summed E-state index contributed by atoms with van der Waals surface area (Å²) in [5, 5.41) is 18.7. The maximum absolute atomic E-state index is 12.8. The molecule has 2 rings (SSSR count). The van der Waals surface area contributed by atoms with Crippen LogP contribution in [0.5, 0.6) is 0 Å². The second-order valence-corrected chi connectivity index (χ2v) is 5.29. The summed E-state index contributed by atoms with van der Waals surface area (Å²) in [5.41, 5.74) is 0.813. The summed E-state index contributed by atoms with van der Waals surface area (Å²) in [4.78, 5) is 37.4. The number of ether oxygens (including phenoxy) is 1. The second kappa shape index (κ2) is 8.77. The Morgan fingerprint density at radius 2 is 1.62 bits per heavy atom. The van der Waals surface area contributed by atoms with E-state index < -0.39 is 17.8 Å². The smallest absolute Gasteiger partial charge is 0.397 e. The fourth-order valence-corrected chi connectivity index (χ4v) is 2.54. The molecule has 1 amide bonds. The Morgan fingerprint density at radius 1 is 1.00 bits per heavy atom. The average Bonchev–Trinajstić information content (AvgIpc) is 2.64. The molecule has 2 aromatic rings. The van der Waals surface area contributed by atoms with Gasteiger partial charge in [-0.25, -0.2) is 9.59 Å². The first kappa shape index (κ1) is 19.1. The van der Waals surface area contributed by atoms with Crippen molar-refractivity contribution in [1.82, 2.24) is 0 Å². The van der Waals surface area contributed by atoms with Gasteiger partial charge in [0.05, 0.1) is 23.5 Å². The van der Waals surface area contributed by atoms with Crippen LogP contribution < -0.4 is 4.90 Å². The molecular weight excluding hydrogens is 338 g/mol. The number of benzene rings is 2. The minimum Gasteiger partial charge on any atom is -0.478 e. The van der Waals surface area contributed by atoms with E-state index in [4.69, 9.17) is 4.74 Å². The quantitative estimate of drug-likeness (QED) is 0.606. The van der Waals surface area contributed by atoms with Crippen LogP contribution in [-0.4, -0.2) is 41.3 Å². The fourth-order valence-electron chi connectivity index (χ4n) is 2.54. The number of anilines is 2. The second-order valence-electron chi connectivity index (χ2n) is 5.29. The van der Waals surface area contributed by atoms with Crippen LogP contribution in [0.15, 0.2) is 48.5 Å². The van der Waals surface area contributed by atoms with Crippen LogP contribution in [0.3, 0.4) is 0 Å². The zero-order chi connectivity index (χ0) is 19.1. The predicted octanol–water partition coefficient (Wildman–Crippen LogP) is 2.15. The highest BCUT2D eigenvalue weighted by Crippen LogP contribution is 2.32. The number of hydrogen-bond donors (Lipinski definition) is 2. The number of hydrogen-bond acceptors (Lipinski definition) is 5. The van der Waals surface area contributed by atoms with E-state index in [1.807, 2.05) is 0 Å². The molecule has 0 unspecified atom stereocenters. The van der Waals surface area contributed by atoms with Gasteiger partial charge in [-0.15, -0.1) is 0 Å². The van der Waals surface area contributed by atoms with Gasteiger partial charge >= 0.3 is 17.8 Å². The first-order valence-corrected chi connectivity index (χ1v) is 8.03. The molecule has 7 nitrogen and oxygen atoms in total. The van der Waals surface area contributed by atoms with Gasteiger partial charge in [0.25, 0.3) is 0 Å². The Labute approximate surface area is 150 Å². The monoisotopic (exact) mass is 357 g/mol. The van der Waals surface area contributed by atoms with Crippen molar-refractivity contribution in [2.24, 2.45) is 0 Å². The number of aliphatic hydroxyl groups excluding tert-OH is 1. The summed E-state index contributed by atoms with van der Waals surface area (Å²) in [6.07, 6.45) is 0.234. The van der Waals surface area contributed by atoms with Crippen LogP contribution in [0.4, 0.5) is 11.4 Å². The Balaban J connectivity index is 2.67. The third kappa shape index (κ3) is 4.07. The summed E-state index contributed by atoms with van der Waals surface area (Å²) in [7, 11) is 0. The number of aromatic carboxylic acids is 1. The Morgan fingerprint density at radius 3 is 2.23 bits per heavy atom. The number of carboxylic acid groups (broad SMARTS) is 1. The summed E-state index contributed by atoms with van der Waals surface area (Å²) in [6.45, 7) is 1.41. The Kier molecular flexibility index (Phi) is 6.46. The van der Waals surface area contributed by atoms with Crippen molar-refractivity contribution in [2.75, 3.05) is 18.1 Å². The van der Waals surface area contributed by atoms with Gasteiger partial charge in [-0.3, -0.25) is 9.69 Å². The molecule has 0 saturated heterocycles. The van der Waals surface area contributed by atoms with Crippen molar-refractivity contribution in [3.63, 3.8) is 0 Å². The summed E-state index contributed by atoms with van der Waals surface area (Å²) in [6, 6.07) is 12.5. The molecule has 0 saturated carbocycles.